The van der Waals surface area contributed by atoms with Crippen LogP contribution in [0.1, 0.15) is 60.3 Å². The Morgan fingerprint density at radius 2 is 1.62 bits per heavy atom. The van der Waals surface area contributed by atoms with Gasteiger partial charge in [0, 0.05) is 63.9 Å². The van der Waals surface area contributed by atoms with Gasteiger partial charge in [0.1, 0.15) is 0 Å². The van der Waals surface area contributed by atoms with Gasteiger partial charge in [-0.1, -0.05) is 12.1 Å². The predicted octanol–water partition coefficient (Wildman–Crippen LogP) is 5.64. The largest absolute Gasteiger partial charge is 0.371 e. The van der Waals surface area contributed by atoms with E-state index in [1.54, 1.807) is 0 Å². The minimum absolute atomic E-state index is 0.284. The van der Waals surface area contributed by atoms with Crippen LogP contribution in [0.25, 0.3) is 22.2 Å². The fraction of sp³-hybridized carbons (Fsp3) is 0.531. The van der Waals surface area contributed by atoms with Crippen molar-refractivity contribution in [1.82, 2.24) is 19.9 Å². The molecule has 6 nitrogen and oxygen atoms in total. The topological polar surface area (TPSA) is 63.4 Å². The third-order valence-corrected chi connectivity index (χ3v) is 10.2. The first kappa shape index (κ1) is 28.2. The lowest BCUT2D eigenvalue weighted by Gasteiger charge is -2.39. The number of fused-ring (bicyclic) bond motifs is 1. The fourth-order valence-electron chi connectivity index (χ4n) is 6.12. The summed E-state index contributed by atoms with van der Waals surface area (Å²) in [7, 11) is -2.58. The Balaban J connectivity index is 1.23. The smallest absolute Gasteiger partial charge is 0.0538 e. The van der Waals surface area contributed by atoms with Gasteiger partial charge in [-0.2, -0.15) is 0 Å². The molecule has 0 bridgehead atoms. The van der Waals surface area contributed by atoms with E-state index in [1.807, 2.05) is 39.0 Å². The maximum absolute atomic E-state index is 13.3. The van der Waals surface area contributed by atoms with Crippen LogP contribution in [0.5, 0.6) is 0 Å². The van der Waals surface area contributed by atoms with Gasteiger partial charge in [0.2, 0.25) is 0 Å². The van der Waals surface area contributed by atoms with Crippen molar-refractivity contribution in [2.45, 2.75) is 88.9 Å². The SMILES string of the molecule is C=S(=O)(NC(C)(C)C)c1ccc2[nH]c(-c3cccc(N4CCC(NC5CCN(C(C)C)CC5)CC4)c3)cc2c1. The number of rotatable bonds is 7. The summed E-state index contributed by atoms with van der Waals surface area (Å²) in [5.41, 5.74) is 4.29. The normalized spacial score (nSPS) is 20.1. The number of likely N-dealkylation sites (tertiary alicyclic amines) is 1. The number of aromatic amines is 1. The molecule has 39 heavy (non-hydrogen) atoms. The molecule has 3 aromatic rings. The van der Waals surface area contributed by atoms with Crippen LogP contribution in [0.15, 0.2) is 53.4 Å². The molecule has 2 saturated heterocycles. The van der Waals surface area contributed by atoms with Crippen molar-refractivity contribution >= 4 is 32.2 Å². The maximum Gasteiger partial charge on any atom is 0.0538 e. The molecule has 212 valence electrons. The summed E-state index contributed by atoms with van der Waals surface area (Å²) in [6.07, 6.45) is 4.92. The van der Waals surface area contributed by atoms with E-state index in [2.05, 4.69) is 74.9 Å². The zero-order valence-electron chi connectivity index (χ0n) is 24.4. The third kappa shape index (κ3) is 6.88. The molecule has 1 aromatic heterocycles. The molecule has 1 unspecified atom stereocenters. The van der Waals surface area contributed by atoms with Crippen LogP contribution in [0.4, 0.5) is 5.69 Å². The second-order valence-corrected chi connectivity index (χ2v) is 14.9. The van der Waals surface area contributed by atoms with Gasteiger partial charge in [-0.3, -0.25) is 0 Å². The zero-order chi connectivity index (χ0) is 27.8. The first-order valence-electron chi connectivity index (χ1n) is 14.6. The van der Waals surface area contributed by atoms with E-state index in [-0.39, 0.29) is 5.54 Å². The van der Waals surface area contributed by atoms with Crippen molar-refractivity contribution in [2.75, 3.05) is 31.1 Å². The van der Waals surface area contributed by atoms with Gasteiger partial charge in [-0.25, -0.2) is 8.93 Å². The Morgan fingerprint density at radius 3 is 2.26 bits per heavy atom. The van der Waals surface area contributed by atoms with Gasteiger partial charge in [-0.15, -0.1) is 0 Å². The average Bonchev–Trinajstić information content (AvgIpc) is 3.32. The molecule has 0 amide bonds. The fourth-order valence-corrected chi connectivity index (χ4v) is 7.83. The van der Waals surface area contributed by atoms with Gasteiger partial charge in [0.05, 0.1) is 9.71 Å². The number of benzene rings is 2. The van der Waals surface area contributed by atoms with Crippen molar-refractivity contribution in [1.29, 1.82) is 0 Å². The zero-order valence-corrected chi connectivity index (χ0v) is 25.2. The number of hydrogen-bond acceptors (Lipinski definition) is 4. The van der Waals surface area contributed by atoms with Gasteiger partial charge in [-0.05, 0) is 121 Å². The van der Waals surface area contributed by atoms with Crippen molar-refractivity contribution < 1.29 is 4.21 Å². The Bertz CT molecular complexity index is 1370. The highest BCUT2D eigenvalue weighted by Crippen LogP contribution is 2.30. The summed E-state index contributed by atoms with van der Waals surface area (Å²) in [5, 5.41) is 5.03. The van der Waals surface area contributed by atoms with E-state index < -0.39 is 9.71 Å². The van der Waals surface area contributed by atoms with E-state index in [0.29, 0.717) is 18.1 Å². The first-order chi connectivity index (χ1) is 18.5. The van der Waals surface area contributed by atoms with E-state index in [4.69, 9.17) is 0 Å². The standard InChI is InChI=1S/C32H47N5OS/c1-23(2)36-16-12-26(13-17-36)33-27-14-18-37(19-15-27)28-9-7-8-24(20-28)31-22-25-21-29(10-11-30(25)34-31)39(6,38)35-32(3,4)5/h7-11,20-23,26-27,33-34H,6,12-19H2,1-5H3,(H,35,38). The van der Waals surface area contributed by atoms with E-state index in [9.17, 15) is 4.21 Å². The molecule has 2 aliphatic rings. The monoisotopic (exact) mass is 549 g/mol. The number of aromatic nitrogens is 1. The maximum atomic E-state index is 13.3. The highest BCUT2D eigenvalue weighted by Gasteiger charge is 2.26. The Hall–Kier alpha value is -2.32. The Labute approximate surface area is 235 Å². The van der Waals surface area contributed by atoms with Crippen molar-refractivity contribution in [3.63, 3.8) is 0 Å². The number of nitrogens with zero attached hydrogens (tertiary/aromatic N) is 2. The summed E-state index contributed by atoms with van der Waals surface area (Å²) in [5.74, 6) is 4.00. The van der Waals surface area contributed by atoms with Crippen molar-refractivity contribution in [3.8, 4) is 11.3 Å². The molecule has 5 rings (SSSR count). The second kappa shape index (κ2) is 11.3. The van der Waals surface area contributed by atoms with E-state index in [1.165, 1.54) is 50.0 Å². The molecule has 7 heteroatoms. The van der Waals surface area contributed by atoms with Crippen LogP contribution >= 0.6 is 0 Å². The first-order valence-corrected chi connectivity index (χ1v) is 16.3. The summed E-state index contributed by atoms with van der Waals surface area (Å²) in [4.78, 5) is 9.42. The van der Waals surface area contributed by atoms with Crippen molar-refractivity contribution in [2.24, 2.45) is 0 Å². The number of hydrogen-bond donors (Lipinski definition) is 3. The lowest BCUT2D eigenvalue weighted by atomic mass is 9.98. The van der Waals surface area contributed by atoms with Crippen LogP contribution in [0.3, 0.4) is 0 Å². The number of nitrogens with one attached hydrogen (secondary N) is 3. The van der Waals surface area contributed by atoms with Crippen molar-refractivity contribution in [3.05, 3.63) is 48.5 Å². The van der Waals surface area contributed by atoms with Crippen LogP contribution in [0.2, 0.25) is 0 Å². The molecule has 3 N–H and O–H groups in total. The minimum atomic E-state index is -2.58. The summed E-state index contributed by atoms with van der Waals surface area (Å²) in [6.45, 7) is 15.2. The van der Waals surface area contributed by atoms with Crippen LogP contribution in [0, 0.1) is 0 Å². The molecule has 2 fully saturated rings. The number of H-pyrrole nitrogens is 1. The molecule has 1 atom stereocenters. The molecule has 0 aliphatic carbocycles. The van der Waals surface area contributed by atoms with Crippen LogP contribution < -0.4 is 14.9 Å². The number of piperidine rings is 2. The Morgan fingerprint density at radius 1 is 0.949 bits per heavy atom. The highest BCUT2D eigenvalue weighted by atomic mass is 32.2. The molecular weight excluding hydrogens is 502 g/mol. The summed E-state index contributed by atoms with van der Waals surface area (Å²) in [6, 6.07) is 18.9. The third-order valence-electron chi connectivity index (χ3n) is 8.19. The van der Waals surface area contributed by atoms with Crippen LogP contribution in [-0.4, -0.2) is 69.8 Å². The molecule has 3 heterocycles. The lowest BCUT2D eigenvalue weighted by Crippen LogP contribution is -2.50. The van der Waals surface area contributed by atoms with Gasteiger partial charge >= 0.3 is 0 Å². The second-order valence-electron chi connectivity index (χ2n) is 12.8. The summed E-state index contributed by atoms with van der Waals surface area (Å²) >= 11 is 0. The van der Waals surface area contributed by atoms with Gasteiger partial charge in [0.25, 0.3) is 0 Å². The molecule has 0 radical (unpaired) electrons. The molecule has 2 aromatic carbocycles. The van der Waals surface area contributed by atoms with Crippen LogP contribution in [-0.2, 0) is 9.71 Å². The molecule has 0 spiro atoms. The van der Waals surface area contributed by atoms with Gasteiger partial charge in [0.15, 0.2) is 0 Å². The molecule has 0 saturated carbocycles. The van der Waals surface area contributed by atoms with E-state index in [0.717, 1.165) is 34.6 Å². The number of anilines is 1. The average molecular weight is 550 g/mol. The summed E-state index contributed by atoms with van der Waals surface area (Å²) < 4.78 is 16.5. The van der Waals surface area contributed by atoms with Gasteiger partial charge < -0.3 is 20.1 Å². The lowest BCUT2D eigenvalue weighted by molar-refractivity contribution is 0.154. The van der Waals surface area contributed by atoms with E-state index >= 15 is 0 Å². The highest BCUT2D eigenvalue weighted by molar-refractivity contribution is 7.98. The predicted molar refractivity (Wildman–Crippen MR) is 168 cm³/mol. The molecular formula is C32H47N5OS. The molecule has 2 aliphatic heterocycles. The quantitative estimate of drug-likeness (QED) is 0.334. The minimum Gasteiger partial charge on any atom is -0.371 e. The Kier molecular flexibility index (Phi) is 8.16.